The molecule has 0 spiro atoms. The Kier molecular flexibility index (Phi) is 6.17. The molecule has 2 aliphatic heterocycles. The summed E-state index contributed by atoms with van der Waals surface area (Å²) in [6.45, 7) is 3.67. The number of carbonyl (C=O) groups is 1. The number of aromatic nitrogens is 4. The van der Waals surface area contributed by atoms with Crippen LogP contribution in [0.1, 0.15) is 42.1 Å². The van der Waals surface area contributed by atoms with Gasteiger partial charge >= 0.3 is 0 Å². The van der Waals surface area contributed by atoms with Crippen molar-refractivity contribution in [1.82, 2.24) is 24.8 Å². The molecule has 180 valence electrons. The Hall–Kier alpha value is -3.84. The third-order valence-corrected chi connectivity index (χ3v) is 6.64. The Labute approximate surface area is 202 Å². The summed E-state index contributed by atoms with van der Waals surface area (Å²) < 4.78 is 15.8. The van der Waals surface area contributed by atoms with Crippen LogP contribution in [0.3, 0.4) is 0 Å². The highest BCUT2D eigenvalue weighted by Gasteiger charge is 2.37. The molecule has 0 bridgehead atoms. The van der Waals surface area contributed by atoms with Crippen molar-refractivity contribution < 1.29 is 14.0 Å². The zero-order valence-corrected chi connectivity index (χ0v) is 19.7. The van der Waals surface area contributed by atoms with Gasteiger partial charge in [0.25, 0.3) is 0 Å². The van der Waals surface area contributed by atoms with Crippen LogP contribution in [0.2, 0.25) is 0 Å². The van der Waals surface area contributed by atoms with Gasteiger partial charge in [-0.3, -0.25) is 14.3 Å². The molecule has 10 heteroatoms. The van der Waals surface area contributed by atoms with Crippen LogP contribution in [0.5, 0.6) is 0 Å². The largest absolute Gasteiger partial charge is 0.356 e. The van der Waals surface area contributed by atoms with E-state index in [0.717, 1.165) is 22.9 Å². The van der Waals surface area contributed by atoms with Gasteiger partial charge in [0.05, 0.1) is 41.4 Å². The summed E-state index contributed by atoms with van der Waals surface area (Å²) in [6.07, 6.45) is 3.43. The van der Waals surface area contributed by atoms with Crippen LogP contribution >= 0.6 is 0 Å². The number of hydroxylamine groups is 2. The van der Waals surface area contributed by atoms with Crippen molar-refractivity contribution >= 4 is 11.7 Å². The van der Waals surface area contributed by atoms with E-state index >= 15 is 0 Å². The number of nitriles is 1. The van der Waals surface area contributed by atoms with Crippen molar-refractivity contribution in [2.24, 2.45) is 13.0 Å². The highest BCUT2D eigenvalue weighted by molar-refractivity contribution is 5.79. The fraction of sp³-hybridized carbons (Fsp3) is 0.400. The number of benzene rings is 1. The minimum Gasteiger partial charge on any atom is -0.356 e. The molecule has 0 saturated carbocycles. The standard InChI is InChI=1S/C25H26FN7O2/c1-16-9-23(31(2)30-16)21-13-24(29-15-28-21)32-6-3-18(4-7-32)25(34)33-22(5-8-35-33)19-10-17(14-27)11-20(26)12-19/h9-13,15,18,22H,3-8H2,1-2H3. The molecule has 2 aliphatic rings. The molecular formula is C25H26FN7O2. The second kappa shape index (κ2) is 9.43. The number of amides is 1. The Morgan fingerprint density at radius 3 is 2.66 bits per heavy atom. The van der Waals surface area contributed by atoms with E-state index in [9.17, 15) is 14.4 Å². The van der Waals surface area contributed by atoms with Gasteiger partial charge in [0.15, 0.2) is 0 Å². The van der Waals surface area contributed by atoms with Crippen molar-refractivity contribution in [3.05, 3.63) is 59.3 Å². The lowest BCUT2D eigenvalue weighted by Gasteiger charge is -2.34. The molecular weight excluding hydrogens is 449 g/mol. The molecule has 35 heavy (non-hydrogen) atoms. The van der Waals surface area contributed by atoms with E-state index in [4.69, 9.17) is 4.84 Å². The number of piperidine rings is 1. The van der Waals surface area contributed by atoms with E-state index < -0.39 is 11.9 Å². The van der Waals surface area contributed by atoms with Gasteiger partial charge in [-0.25, -0.2) is 19.4 Å². The van der Waals surface area contributed by atoms with Gasteiger partial charge < -0.3 is 4.90 Å². The van der Waals surface area contributed by atoms with Crippen LogP contribution in [0.4, 0.5) is 10.2 Å². The van der Waals surface area contributed by atoms with Gasteiger partial charge in [-0.05, 0) is 49.6 Å². The maximum Gasteiger partial charge on any atom is 0.249 e. The number of halogens is 1. The van der Waals surface area contributed by atoms with Crippen LogP contribution in [0, 0.1) is 30.0 Å². The lowest BCUT2D eigenvalue weighted by atomic mass is 9.94. The average Bonchev–Trinajstić information content (AvgIpc) is 3.49. The molecule has 2 aromatic heterocycles. The van der Waals surface area contributed by atoms with Gasteiger partial charge in [0, 0.05) is 38.5 Å². The first-order valence-corrected chi connectivity index (χ1v) is 11.7. The van der Waals surface area contributed by atoms with Crippen molar-refractivity contribution in [2.45, 2.75) is 32.2 Å². The van der Waals surface area contributed by atoms with E-state index in [-0.39, 0.29) is 17.4 Å². The number of anilines is 1. The van der Waals surface area contributed by atoms with Crippen LogP contribution < -0.4 is 4.90 Å². The molecule has 1 amide bonds. The molecule has 4 heterocycles. The number of rotatable bonds is 4. The molecule has 0 radical (unpaired) electrons. The lowest BCUT2D eigenvalue weighted by molar-refractivity contribution is -0.182. The van der Waals surface area contributed by atoms with E-state index in [0.29, 0.717) is 44.5 Å². The van der Waals surface area contributed by atoms with Crippen molar-refractivity contribution in [3.8, 4) is 17.5 Å². The number of carbonyl (C=O) groups excluding carboxylic acids is 1. The first-order chi connectivity index (χ1) is 16.9. The molecule has 2 fully saturated rings. The maximum atomic E-state index is 14.0. The van der Waals surface area contributed by atoms with Crippen molar-refractivity contribution in [3.63, 3.8) is 0 Å². The second-order valence-corrected chi connectivity index (χ2v) is 9.00. The van der Waals surface area contributed by atoms with E-state index in [1.807, 2.05) is 32.2 Å². The topological polar surface area (TPSA) is 100 Å². The summed E-state index contributed by atoms with van der Waals surface area (Å²) in [5.41, 5.74) is 3.47. The van der Waals surface area contributed by atoms with Gasteiger partial charge in [-0.1, -0.05) is 0 Å². The van der Waals surface area contributed by atoms with Crippen LogP contribution in [-0.4, -0.2) is 50.4 Å². The number of hydrogen-bond donors (Lipinski definition) is 0. The predicted molar refractivity (Wildman–Crippen MR) is 125 cm³/mol. The zero-order chi connectivity index (χ0) is 24.5. The first kappa shape index (κ1) is 22.9. The highest BCUT2D eigenvalue weighted by Crippen LogP contribution is 2.35. The monoisotopic (exact) mass is 475 g/mol. The number of aryl methyl sites for hydroxylation is 2. The molecule has 1 aromatic carbocycles. The van der Waals surface area contributed by atoms with Crippen LogP contribution in [0.25, 0.3) is 11.4 Å². The Morgan fingerprint density at radius 1 is 1.14 bits per heavy atom. The van der Waals surface area contributed by atoms with Crippen LogP contribution in [0.15, 0.2) is 36.7 Å². The summed E-state index contributed by atoms with van der Waals surface area (Å²) in [5.74, 6) is 0.0385. The summed E-state index contributed by atoms with van der Waals surface area (Å²) >= 11 is 0. The lowest BCUT2D eigenvalue weighted by Crippen LogP contribution is -2.42. The Morgan fingerprint density at radius 2 is 1.94 bits per heavy atom. The van der Waals surface area contributed by atoms with Gasteiger partial charge in [0.2, 0.25) is 5.91 Å². The predicted octanol–water partition coefficient (Wildman–Crippen LogP) is 3.32. The smallest absolute Gasteiger partial charge is 0.249 e. The molecule has 5 rings (SSSR count). The highest BCUT2D eigenvalue weighted by atomic mass is 19.1. The minimum absolute atomic E-state index is 0.0938. The summed E-state index contributed by atoms with van der Waals surface area (Å²) in [6, 6.07) is 9.71. The van der Waals surface area contributed by atoms with E-state index in [2.05, 4.69) is 20.0 Å². The number of nitrogens with zero attached hydrogens (tertiary/aromatic N) is 7. The van der Waals surface area contributed by atoms with Crippen molar-refractivity contribution in [2.75, 3.05) is 24.6 Å². The van der Waals surface area contributed by atoms with Gasteiger partial charge in [-0.2, -0.15) is 10.4 Å². The van der Waals surface area contributed by atoms with Crippen molar-refractivity contribution in [1.29, 1.82) is 5.26 Å². The summed E-state index contributed by atoms with van der Waals surface area (Å²) in [4.78, 5) is 30.0. The van der Waals surface area contributed by atoms with Crippen LogP contribution in [-0.2, 0) is 16.7 Å². The zero-order valence-electron chi connectivity index (χ0n) is 19.7. The molecule has 2 saturated heterocycles. The second-order valence-electron chi connectivity index (χ2n) is 9.00. The fourth-order valence-corrected chi connectivity index (χ4v) is 4.90. The molecule has 1 unspecified atom stereocenters. The SMILES string of the molecule is Cc1cc(-c2cc(N3CCC(C(=O)N4OCCC4c4cc(F)cc(C#N)c4)CC3)ncn2)n(C)n1. The average molecular weight is 476 g/mol. The van der Waals surface area contributed by atoms with Gasteiger partial charge in [-0.15, -0.1) is 0 Å². The van der Waals surface area contributed by atoms with E-state index in [1.54, 1.807) is 17.1 Å². The van der Waals surface area contributed by atoms with Gasteiger partial charge in [0.1, 0.15) is 18.0 Å². The fourth-order valence-electron chi connectivity index (χ4n) is 4.90. The third kappa shape index (κ3) is 4.59. The summed E-state index contributed by atoms with van der Waals surface area (Å²) in [5, 5.41) is 15.0. The molecule has 1 atom stereocenters. The quantitative estimate of drug-likeness (QED) is 0.571. The third-order valence-electron chi connectivity index (χ3n) is 6.64. The number of hydrogen-bond acceptors (Lipinski definition) is 7. The Balaban J connectivity index is 1.26. The molecule has 9 nitrogen and oxygen atoms in total. The molecule has 0 N–H and O–H groups in total. The Bertz CT molecular complexity index is 1290. The first-order valence-electron chi connectivity index (χ1n) is 11.7. The van der Waals surface area contributed by atoms with E-state index in [1.165, 1.54) is 17.2 Å². The summed E-state index contributed by atoms with van der Waals surface area (Å²) in [7, 11) is 1.89. The maximum absolute atomic E-state index is 14.0. The molecule has 0 aliphatic carbocycles. The molecule has 3 aromatic rings. The minimum atomic E-state index is -0.489. The normalized spacial score (nSPS) is 18.6.